The molecule has 1 saturated heterocycles. The van der Waals surface area contributed by atoms with Crippen LogP contribution in [0.15, 0.2) is 30.3 Å². The van der Waals surface area contributed by atoms with E-state index < -0.39 is 23.4 Å². The summed E-state index contributed by atoms with van der Waals surface area (Å²) in [7, 11) is 0. The fourth-order valence-electron chi connectivity index (χ4n) is 6.23. The number of epoxide rings is 1. The van der Waals surface area contributed by atoms with E-state index >= 15 is 8.78 Å². The van der Waals surface area contributed by atoms with Gasteiger partial charge in [-0.05, 0) is 92.4 Å². The summed E-state index contributed by atoms with van der Waals surface area (Å²) in [6.07, 6.45) is 8.27. The quantitative estimate of drug-likeness (QED) is 0.285. The molecule has 1 heterocycles. The highest BCUT2D eigenvalue weighted by Gasteiger charge is 2.32. The Labute approximate surface area is 211 Å². The molecule has 1 aliphatic heterocycles. The molecule has 194 valence electrons. The van der Waals surface area contributed by atoms with Crippen LogP contribution < -0.4 is 0 Å². The molecule has 0 spiro atoms. The Morgan fingerprint density at radius 3 is 1.94 bits per heavy atom. The predicted molar refractivity (Wildman–Crippen MR) is 131 cm³/mol. The van der Waals surface area contributed by atoms with E-state index in [0.29, 0.717) is 49.0 Å². The highest BCUT2D eigenvalue weighted by atomic mass is 19.2. The second kappa shape index (κ2) is 11.0. The van der Waals surface area contributed by atoms with Crippen LogP contribution in [0.5, 0.6) is 0 Å². The first-order valence-corrected chi connectivity index (χ1v) is 13.5. The highest BCUT2D eigenvalue weighted by Crippen LogP contribution is 2.41. The molecule has 36 heavy (non-hydrogen) atoms. The maximum Gasteiger partial charge on any atom is 0.338 e. The van der Waals surface area contributed by atoms with E-state index in [-0.39, 0.29) is 29.6 Å². The molecular formula is C30H35F3O3. The monoisotopic (exact) mass is 500 g/mol. The lowest BCUT2D eigenvalue weighted by atomic mass is 9.76. The van der Waals surface area contributed by atoms with Gasteiger partial charge in [0, 0.05) is 5.56 Å². The maximum atomic E-state index is 15.2. The second-order valence-electron chi connectivity index (χ2n) is 10.8. The first kappa shape index (κ1) is 25.3. The molecule has 6 heteroatoms. The molecule has 0 aromatic heterocycles. The molecular weight excluding hydrogens is 465 g/mol. The molecule has 2 aromatic rings. The van der Waals surface area contributed by atoms with E-state index in [4.69, 9.17) is 9.47 Å². The van der Waals surface area contributed by atoms with Crippen molar-refractivity contribution >= 4 is 5.97 Å². The minimum absolute atomic E-state index is 0.0981. The van der Waals surface area contributed by atoms with Crippen molar-refractivity contribution in [3.63, 3.8) is 0 Å². The molecule has 3 aliphatic rings. The summed E-state index contributed by atoms with van der Waals surface area (Å²) >= 11 is 0. The second-order valence-corrected chi connectivity index (χ2v) is 10.8. The minimum Gasteiger partial charge on any atom is -0.459 e. The molecule has 2 aromatic carbocycles. The fraction of sp³-hybridized carbons (Fsp3) is 0.567. The Morgan fingerprint density at radius 2 is 1.42 bits per heavy atom. The molecule has 3 nitrogen and oxygen atoms in total. The van der Waals surface area contributed by atoms with Crippen molar-refractivity contribution in [2.75, 3.05) is 6.61 Å². The summed E-state index contributed by atoms with van der Waals surface area (Å²) in [6, 6.07) is 7.90. The molecule has 0 bridgehead atoms. The number of carbonyl (C=O) groups is 1. The Kier molecular flexibility index (Phi) is 7.71. The summed E-state index contributed by atoms with van der Waals surface area (Å²) < 4.78 is 55.2. The van der Waals surface area contributed by atoms with Crippen LogP contribution in [0.3, 0.4) is 0 Å². The van der Waals surface area contributed by atoms with Gasteiger partial charge in [0.15, 0.2) is 11.6 Å². The van der Waals surface area contributed by atoms with E-state index in [9.17, 15) is 9.18 Å². The van der Waals surface area contributed by atoms with Crippen molar-refractivity contribution in [2.24, 2.45) is 5.92 Å². The van der Waals surface area contributed by atoms with Crippen LogP contribution in [-0.4, -0.2) is 18.7 Å². The van der Waals surface area contributed by atoms with Crippen LogP contribution in [0, 0.1) is 23.4 Å². The first-order chi connectivity index (χ1) is 17.4. The van der Waals surface area contributed by atoms with Crippen molar-refractivity contribution in [3.8, 4) is 0 Å². The highest BCUT2D eigenvalue weighted by molar-refractivity contribution is 5.89. The normalized spacial score (nSPS) is 28.1. The number of benzene rings is 2. The van der Waals surface area contributed by atoms with Gasteiger partial charge in [-0.25, -0.2) is 18.0 Å². The van der Waals surface area contributed by atoms with Gasteiger partial charge in [0.2, 0.25) is 0 Å². The molecule has 0 N–H and O–H groups in total. The molecule has 2 saturated carbocycles. The molecule has 2 aliphatic carbocycles. The summed E-state index contributed by atoms with van der Waals surface area (Å²) in [5.41, 5.74) is 1.59. The Morgan fingerprint density at radius 1 is 0.861 bits per heavy atom. The Balaban J connectivity index is 1.16. The van der Waals surface area contributed by atoms with E-state index in [1.54, 1.807) is 24.3 Å². The number of rotatable bonds is 7. The van der Waals surface area contributed by atoms with Gasteiger partial charge in [0.25, 0.3) is 0 Å². The predicted octanol–water partition coefficient (Wildman–Crippen LogP) is 8.13. The van der Waals surface area contributed by atoms with Gasteiger partial charge in [-0.1, -0.05) is 38.0 Å². The van der Waals surface area contributed by atoms with E-state index in [2.05, 4.69) is 6.92 Å². The van der Waals surface area contributed by atoms with E-state index in [1.807, 2.05) is 0 Å². The minimum atomic E-state index is -0.709. The van der Waals surface area contributed by atoms with Crippen molar-refractivity contribution < 1.29 is 27.4 Å². The smallest absolute Gasteiger partial charge is 0.338 e. The number of hydrogen-bond donors (Lipinski definition) is 0. The van der Waals surface area contributed by atoms with E-state index in [0.717, 1.165) is 31.6 Å². The lowest BCUT2D eigenvalue weighted by Crippen LogP contribution is -2.24. The zero-order valence-electron chi connectivity index (χ0n) is 20.9. The number of hydrogen-bond acceptors (Lipinski definition) is 3. The largest absolute Gasteiger partial charge is 0.459 e. The number of ether oxygens (including phenoxy) is 2. The third-order valence-corrected chi connectivity index (χ3v) is 8.43. The lowest BCUT2D eigenvalue weighted by molar-refractivity contribution is 0.0193. The van der Waals surface area contributed by atoms with Gasteiger partial charge in [0.1, 0.15) is 18.0 Å². The average Bonchev–Trinajstić information content (AvgIpc) is 3.72. The molecule has 5 rings (SSSR count). The van der Waals surface area contributed by atoms with Gasteiger partial charge >= 0.3 is 5.97 Å². The number of halogens is 3. The zero-order valence-corrected chi connectivity index (χ0v) is 20.9. The number of carbonyl (C=O) groups excluding carboxylic acids is 1. The third-order valence-electron chi connectivity index (χ3n) is 8.43. The van der Waals surface area contributed by atoms with Crippen molar-refractivity contribution in [1.29, 1.82) is 0 Å². The maximum absolute atomic E-state index is 15.2. The third kappa shape index (κ3) is 5.49. The van der Waals surface area contributed by atoms with Crippen LogP contribution in [0.2, 0.25) is 0 Å². The SMILES string of the molecule is CCCC1CCC(c2ccc(C3CCC(OC(=O)c4ccc(C5CO5)c(F)c4)CC3)c(F)c2F)CC1. The van der Waals surface area contributed by atoms with Crippen LogP contribution in [0.4, 0.5) is 13.2 Å². The van der Waals surface area contributed by atoms with Crippen LogP contribution in [-0.2, 0) is 9.47 Å². The summed E-state index contributed by atoms with van der Waals surface area (Å²) in [6.45, 7) is 2.69. The van der Waals surface area contributed by atoms with Crippen molar-refractivity contribution in [1.82, 2.24) is 0 Å². The molecule has 0 amide bonds. The summed E-state index contributed by atoms with van der Waals surface area (Å²) in [4.78, 5) is 12.5. The van der Waals surface area contributed by atoms with Gasteiger partial charge in [-0.15, -0.1) is 0 Å². The number of esters is 1. The van der Waals surface area contributed by atoms with E-state index in [1.165, 1.54) is 18.9 Å². The van der Waals surface area contributed by atoms with Crippen LogP contribution in [0.25, 0.3) is 0 Å². The standard InChI is InChI=1S/C30H35F3O3/c1-2-3-18-4-6-19(7-5-18)23-14-15-24(29(33)28(23)32)20-8-11-22(12-9-20)36-30(34)21-10-13-25(26(31)16-21)27-17-35-27/h10,13-16,18-20,22,27H,2-9,11-12,17H2,1H3. The molecule has 3 fully saturated rings. The van der Waals surface area contributed by atoms with Gasteiger partial charge in [-0.2, -0.15) is 0 Å². The Bertz CT molecular complexity index is 1080. The van der Waals surface area contributed by atoms with Gasteiger partial charge in [-0.3, -0.25) is 0 Å². The Hall–Kier alpha value is -2.34. The van der Waals surface area contributed by atoms with Gasteiger partial charge in [0.05, 0.1) is 12.2 Å². The van der Waals surface area contributed by atoms with Gasteiger partial charge < -0.3 is 9.47 Å². The first-order valence-electron chi connectivity index (χ1n) is 13.5. The molecule has 1 unspecified atom stereocenters. The van der Waals surface area contributed by atoms with Crippen molar-refractivity contribution in [3.05, 3.63) is 70.0 Å². The fourth-order valence-corrected chi connectivity index (χ4v) is 6.23. The average molecular weight is 501 g/mol. The zero-order chi connectivity index (χ0) is 25.2. The summed E-state index contributed by atoms with van der Waals surface area (Å²) in [5.74, 6) is -1.69. The summed E-state index contributed by atoms with van der Waals surface area (Å²) in [5, 5.41) is 0. The molecule has 1 atom stereocenters. The van der Waals surface area contributed by atoms with Crippen molar-refractivity contribution in [2.45, 2.75) is 95.2 Å². The lowest BCUT2D eigenvalue weighted by Gasteiger charge is -2.31. The van der Waals surface area contributed by atoms with Crippen LogP contribution in [0.1, 0.15) is 116 Å². The van der Waals surface area contributed by atoms with Crippen LogP contribution >= 0.6 is 0 Å². The molecule has 0 radical (unpaired) electrons. The topological polar surface area (TPSA) is 38.8 Å².